The van der Waals surface area contributed by atoms with Crippen LogP contribution in [0.5, 0.6) is 0 Å². The van der Waals surface area contributed by atoms with E-state index in [1.165, 1.54) is 18.3 Å². The van der Waals surface area contributed by atoms with Crippen LogP contribution in [0, 0.1) is 0 Å². The first-order valence-electron chi connectivity index (χ1n) is 9.45. The van der Waals surface area contributed by atoms with Crippen LogP contribution in [-0.4, -0.2) is 35.7 Å². The normalized spacial score (nSPS) is 15.9. The molecule has 0 radical (unpaired) electrons. The Hall–Kier alpha value is -2.67. The highest BCUT2D eigenvalue weighted by atomic mass is 32.1. The maximum Gasteiger partial charge on any atom is 0.222 e. The molecule has 0 bridgehead atoms. The van der Waals surface area contributed by atoms with Gasteiger partial charge in [0.2, 0.25) is 17.7 Å². The van der Waals surface area contributed by atoms with Crippen LogP contribution in [0.4, 0.5) is 0 Å². The second-order valence-corrected chi connectivity index (χ2v) is 7.93. The highest BCUT2D eigenvalue weighted by molar-refractivity contribution is 7.10. The standard InChI is InChI=1S/C21H25N3O3S/c1-15(25)22-17(19-9-6-12-28-19)13-20(26)23-18(16-7-3-2-4-8-16)14-24-11-5-10-21(24)27/h2-4,6-9,12,17-18H,5,10-11,13-14H2,1H3,(H,22,25)(H,23,26)/t17-,18-/m1/s1. The molecule has 1 saturated heterocycles. The van der Waals surface area contributed by atoms with Crippen molar-refractivity contribution in [2.24, 2.45) is 0 Å². The molecule has 2 atom stereocenters. The molecule has 1 aliphatic heterocycles. The monoisotopic (exact) mass is 399 g/mol. The molecule has 6 nitrogen and oxygen atoms in total. The molecule has 2 aromatic rings. The molecular formula is C21H25N3O3S. The van der Waals surface area contributed by atoms with E-state index in [9.17, 15) is 14.4 Å². The van der Waals surface area contributed by atoms with Crippen LogP contribution in [0.2, 0.25) is 0 Å². The zero-order valence-electron chi connectivity index (χ0n) is 15.9. The molecule has 1 aliphatic rings. The van der Waals surface area contributed by atoms with E-state index >= 15 is 0 Å². The molecular weight excluding hydrogens is 374 g/mol. The third-order valence-corrected chi connectivity index (χ3v) is 5.75. The average Bonchev–Trinajstić information content (AvgIpc) is 3.33. The highest BCUT2D eigenvalue weighted by Crippen LogP contribution is 2.23. The number of hydrogen-bond acceptors (Lipinski definition) is 4. The molecule has 3 rings (SSSR count). The second-order valence-electron chi connectivity index (χ2n) is 6.95. The van der Waals surface area contributed by atoms with E-state index in [0.717, 1.165) is 23.4 Å². The molecule has 148 valence electrons. The summed E-state index contributed by atoms with van der Waals surface area (Å²) in [5.41, 5.74) is 0.961. The van der Waals surface area contributed by atoms with Gasteiger partial charge in [-0.2, -0.15) is 0 Å². The van der Waals surface area contributed by atoms with Gasteiger partial charge in [0.15, 0.2) is 0 Å². The molecule has 0 saturated carbocycles. The van der Waals surface area contributed by atoms with E-state index in [-0.39, 0.29) is 36.2 Å². The Morgan fingerprint density at radius 1 is 1.11 bits per heavy atom. The zero-order valence-corrected chi connectivity index (χ0v) is 16.7. The summed E-state index contributed by atoms with van der Waals surface area (Å²) in [5, 5.41) is 7.84. The van der Waals surface area contributed by atoms with E-state index in [0.29, 0.717) is 13.0 Å². The van der Waals surface area contributed by atoms with Gasteiger partial charge in [0.1, 0.15) is 0 Å². The summed E-state index contributed by atoms with van der Waals surface area (Å²) < 4.78 is 0. The molecule has 1 aromatic heterocycles. The van der Waals surface area contributed by atoms with Crippen LogP contribution in [-0.2, 0) is 14.4 Å². The molecule has 7 heteroatoms. The minimum atomic E-state index is -0.359. The van der Waals surface area contributed by atoms with Gasteiger partial charge >= 0.3 is 0 Å². The fourth-order valence-corrected chi connectivity index (χ4v) is 4.21. The van der Waals surface area contributed by atoms with Crippen molar-refractivity contribution in [2.45, 2.75) is 38.3 Å². The number of rotatable bonds is 8. The van der Waals surface area contributed by atoms with E-state index < -0.39 is 0 Å². The molecule has 28 heavy (non-hydrogen) atoms. The molecule has 0 aliphatic carbocycles. The molecule has 1 fully saturated rings. The topological polar surface area (TPSA) is 78.5 Å². The average molecular weight is 400 g/mol. The van der Waals surface area contributed by atoms with Crippen molar-refractivity contribution < 1.29 is 14.4 Å². The van der Waals surface area contributed by atoms with Crippen molar-refractivity contribution in [2.75, 3.05) is 13.1 Å². The van der Waals surface area contributed by atoms with Gasteiger partial charge in [0.05, 0.1) is 18.5 Å². The van der Waals surface area contributed by atoms with Gasteiger partial charge in [-0.1, -0.05) is 36.4 Å². The number of benzene rings is 1. The predicted octanol–water partition coefficient (Wildman–Crippen LogP) is 2.80. The summed E-state index contributed by atoms with van der Waals surface area (Å²) in [5.74, 6) is -0.203. The lowest BCUT2D eigenvalue weighted by Crippen LogP contribution is -2.40. The summed E-state index contributed by atoms with van der Waals surface area (Å²) >= 11 is 1.51. The quantitative estimate of drug-likeness (QED) is 0.716. The Kier molecular flexibility index (Phi) is 6.81. The fraction of sp³-hybridized carbons (Fsp3) is 0.381. The molecule has 2 heterocycles. The number of likely N-dealkylation sites (tertiary alicyclic amines) is 1. The minimum absolute atomic E-state index is 0.130. The van der Waals surface area contributed by atoms with E-state index in [2.05, 4.69) is 10.6 Å². The van der Waals surface area contributed by atoms with Crippen molar-refractivity contribution >= 4 is 29.1 Å². The largest absolute Gasteiger partial charge is 0.348 e. The third-order valence-electron chi connectivity index (χ3n) is 4.77. The number of carbonyl (C=O) groups excluding carboxylic acids is 3. The number of hydrogen-bond donors (Lipinski definition) is 2. The van der Waals surface area contributed by atoms with Gasteiger partial charge in [-0.25, -0.2) is 0 Å². The minimum Gasteiger partial charge on any atom is -0.348 e. The predicted molar refractivity (Wildman–Crippen MR) is 109 cm³/mol. The first-order chi connectivity index (χ1) is 13.5. The van der Waals surface area contributed by atoms with Crippen molar-refractivity contribution in [1.29, 1.82) is 0 Å². The lowest BCUT2D eigenvalue weighted by molar-refractivity contribution is -0.129. The van der Waals surface area contributed by atoms with Crippen LogP contribution in [0.15, 0.2) is 47.8 Å². The van der Waals surface area contributed by atoms with Crippen LogP contribution in [0.1, 0.15) is 48.7 Å². The van der Waals surface area contributed by atoms with Crippen LogP contribution < -0.4 is 10.6 Å². The van der Waals surface area contributed by atoms with Gasteiger partial charge in [-0.3, -0.25) is 14.4 Å². The smallest absolute Gasteiger partial charge is 0.222 e. The van der Waals surface area contributed by atoms with Gasteiger partial charge in [0, 0.05) is 31.3 Å². The third kappa shape index (κ3) is 5.42. The number of carbonyl (C=O) groups is 3. The van der Waals surface area contributed by atoms with Crippen molar-refractivity contribution in [3.8, 4) is 0 Å². The van der Waals surface area contributed by atoms with Gasteiger partial charge in [-0.05, 0) is 23.4 Å². The number of nitrogens with one attached hydrogen (secondary N) is 2. The van der Waals surface area contributed by atoms with Crippen LogP contribution in [0.3, 0.4) is 0 Å². The number of amides is 3. The summed E-state index contributed by atoms with van der Waals surface area (Å²) in [6, 6.07) is 12.9. The number of thiophene rings is 1. The zero-order chi connectivity index (χ0) is 19.9. The Bertz CT molecular complexity index is 808. The highest BCUT2D eigenvalue weighted by Gasteiger charge is 2.26. The van der Waals surface area contributed by atoms with E-state index in [1.807, 2.05) is 52.7 Å². The molecule has 1 aromatic carbocycles. The van der Waals surface area contributed by atoms with Crippen LogP contribution in [0.25, 0.3) is 0 Å². The maximum absolute atomic E-state index is 12.8. The fourth-order valence-electron chi connectivity index (χ4n) is 3.43. The van der Waals surface area contributed by atoms with E-state index in [4.69, 9.17) is 0 Å². The first kappa shape index (κ1) is 20.1. The van der Waals surface area contributed by atoms with Gasteiger partial charge in [-0.15, -0.1) is 11.3 Å². The molecule has 3 amide bonds. The Balaban J connectivity index is 1.70. The summed E-state index contributed by atoms with van der Waals surface area (Å²) in [6.07, 6.45) is 1.58. The summed E-state index contributed by atoms with van der Waals surface area (Å²) in [6.45, 7) is 2.63. The Morgan fingerprint density at radius 3 is 2.50 bits per heavy atom. The Labute approximate surface area is 168 Å². The lowest BCUT2D eigenvalue weighted by Gasteiger charge is -2.26. The first-order valence-corrected chi connectivity index (χ1v) is 10.3. The Morgan fingerprint density at radius 2 is 1.89 bits per heavy atom. The van der Waals surface area contributed by atoms with Crippen LogP contribution >= 0.6 is 11.3 Å². The SMILES string of the molecule is CC(=O)N[C@H](CC(=O)N[C@H](CN1CCCC1=O)c1ccccc1)c1cccs1. The molecule has 2 N–H and O–H groups in total. The van der Waals surface area contributed by atoms with Crippen molar-refractivity contribution in [3.63, 3.8) is 0 Å². The summed E-state index contributed by atoms with van der Waals surface area (Å²) in [4.78, 5) is 39.2. The van der Waals surface area contributed by atoms with E-state index in [1.54, 1.807) is 0 Å². The van der Waals surface area contributed by atoms with Crippen molar-refractivity contribution in [1.82, 2.24) is 15.5 Å². The molecule has 0 unspecified atom stereocenters. The van der Waals surface area contributed by atoms with Crippen molar-refractivity contribution in [3.05, 3.63) is 58.3 Å². The second kappa shape index (κ2) is 9.50. The maximum atomic E-state index is 12.8. The van der Waals surface area contributed by atoms with Gasteiger partial charge in [0.25, 0.3) is 0 Å². The molecule has 0 spiro atoms. The summed E-state index contributed by atoms with van der Waals surface area (Å²) in [7, 11) is 0. The lowest BCUT2D eigenvalue weighted by atomic mass is 10.1. The number of nitrogens with zero attached hydrogens (tertiary/aromatic N) is 1. The van der Waals surface area contributed by atoms with Gasteiger partial charge < -0.3 is 15.5 Å².